The van der Waals surface area contributed by atoms with Crippen molar-refractivity contribution >= 4 is 23.2 Å². The van der Waals surface area contributed by atoms with E-state index in [9.17, 15) is 14.0 Å². The van der Waals surface area contributed by atoms with Gasteiger partial charge in [0.2, 0.25) is 0 Å². The molecule has 0 unspecified atom stereocenters. The molecule has 128 valence electrons. The van der Waals surface area contributed by atoms with Gasteiger partial charge in [0.25, 0.3) is 5.91 Å². The maximum atomic E-state index is 13.7. The highest BCUT2D eigenvalue weighted by Gasteiger charge is 2.23. The summed E-state index contributed by atoms with van der Waals surface area (Å²) in [5, 5.41) is 13.8. The number of carbonyl (C=O) groups excluding carboxylic acids is 1. The van der Waals surface area contributed by atoms with Gasteiger partial charge < -0.3 is 10.4 Å². The van der Waals surface area contributed by atoms with Crippen LogP contribution < -0.4 is 5.32 Å². The van der Waals surface area contributed by atoms with Crippen molar-refractivity contribution in [1.29, 1.82) is 0 Å². The summed E-state index contributed by atoms with van der Waals surface area (Å²) < 4.78 is 13.7. The summed E-state index contributed by atoms with van der Waals surface area (Å²) in [6.45, 7) is 3.53. The molecule has 1 heterocycles. The molecular weight excluding hydrogens is 331 g/mol. The molecule has 0 aliphatic rings. The Morgan fingerprint density at radius 1 is 1.33 bits per heavy atom. The van der Waals surface area contributed by atoms with Crippen LogP contribution >= 0.6 is 11.3 Å². The number of hydrogen-bond acceptors (Lipinski definition) is 4. The minimum Gasteiger partial charge on any atom is -0.481 e. The van der Waals surface area contributed by atoms with E-state index in [1.54, 1.807) is 37.4 Å². The van der Waals surface area contributed by atoms with Crippen molar-refractivity contribution in [1.82, 2.24) is 10.3 Å². The first-order valence-corrected chi connectivity index (χ1v) is 8.37. The summed E-state index contributed by atoms with van der Waals surface area (Å²) in [6, 6.07) is 6.45. The Bertz CT molecular complexity index is 743. The quantitative estimate of drug-likeness (QED) is 0.803. The van der Waals surface area contributed by atoms with E-state index in [-0.39, 0.29) is 23.8 Å². The summed E-state index contributed by atoms with van der Waals surface area (Å²) in [5.74, 6) is -1.56. The van der Waals surface area contributed by atoms with Crippen LogP contribution in [0.5, 0.6) is 0 Å². The number of nitrogens with one attached hydrogen (secondary N) is 1. The number of halogens is 1. The fraction of sp³-hybridized carbons (Fsp3) is 0.353. The fourth-order valence-electron chi connectivity index (χ4n) is 2.15. The molecule has 2 N–H and O–H groups in total. The zero-order valence-electron chi connectivity index (χ0n) is 13.5. The number of carboxylic acids is 1. The van der Waals surface area contributed by atoms with Crippen molar-refractivity contribution in [3.8, 4) is 0 Å². The van der Waals surface area contributed by atoms with Crippen LogP contribution in [0.15, 0.2) is 29.6 Å². The van der Waals surface area contributed by atoms with Gasteiger partial charge >= 0.3 is 5.97 Å². The molecule has 0 aliphatic carbocycles. The van der Waals surface area contributed by atoms with Gasteiger partial charge in [-0.2, -0.15) is 0 Å². The Hall–Kier alpha value is -2.28. The SMILES string of the molecule is CC(C)(CCC(=O)O)NC(=O)c1csc(Cc2ccccc2F)n1. The minimum atomic E-state index is -0.904. The van der Waals surface area contributed by atoms with Crippen LogP contribution in [0.3, 0.4) is 0 Å². The molecule has 0 atom stereocenters. The predicted molar refractivity (Wildman–Crippen MR) is 89.7 cm³/mol. The number of thiazole rings is 1. The lowest BCUT2D eigenvalue weighted by Gasteiger charge is -2.25. The Morgan fingerprint density at radius 2 is 2.04 bits per heavy atom. The highest BCUT2D eigenvalue weighted by molar-refractivity contribution is 7.09. The van der Waals surface area contributed by atoms with Crippen LogP contribution in [0.2, 0.25) is 0 Å². The van der Waals surface area contributed by atoms with E-state index in [2.05, 4.69) is 10.3 Å². The minimum absolute atomic E-state index is 0.0249. The zero-order chi connectivity index (χ0) is 17.7. The van der Waals surface area contributed by atoms with Crippen molar-refractivity contribution in [2.75, 3.05) is 0 Å². The Labute approximate surface area is 143 Å². The second-order valence-corrected chi connectivity index (χ2v) is 7.07. The van der Waals surface area contributed by atoms with Crippen LogP contribution in [0.4, 0.5) is 4.39 Å². The monoisotopic (exact) mass is 350 g/mol. The van der Waals surface area contributed by atoms with E-state index in [0.717, 1.165) is 0 Å². The van der Waals surface area contributed by atoms with E-state index >= 15 is 0 Å². The Kier molecular flexibility index (Phi) is 5.66. The molecule has 1 aromatic heterocycles. The topological polar surface area (TPSA) is 79.3 Å². The molecule has 2 rings (SSSR count). The number of benzene rings is 1. The molecule has 0 saturated heterocycles. The largest absolute Gasteiger partial charge is 0.481 e. The van der Waals surface area contributed by atoms with Gasteiger partial charge in [0, 0.05) is 23.8 Å². The first-order chi connectivity index (χ1) is 11.3. The third kappa shape index (κ3) is 5.13. The van der Waals surface area contributed by atoms with Crippen molar-refractivity contribution in [3.05, 3.63) is 51.7 Å². The molecule has 0 saturated carbocycles. The van der Waals surface area contributed by atoms with Gasteiger partial charge in [-0.1, -0.05) is 18.2 Å². The van der Waals surface area contributed by atoms with Crippen LogP contribution in [0.25, 0.3) is 0 Å². The summed E-state index contributed by atoms with van der Waals surface area (Å²) >= 11 is 1.29. The zero-order valence-corrected chi connectivity index (χ0v) is 14.3. The van der Waals surface area contributed by atoms with E-state index in [1.165, 1.54) is 17.4 Å². The molecule has 7 heteroatoms. The third-order valence-electron chi connectivity index (χ3n) is 3.50. The number of aromatic nitrogens is 1. The molecule has 2 aromatic rings. The van der Waals surface area contributed by atoms with Crippen molar-refractivity contribution in [2.24, 2.45) is 0 Å². The van der Waals surface area contributed by atoms with Gasteiger partial charge in [-0.05, 0) is 31.9 Å². The van der Waals surface area contributed by atoms with Crippen LogP contribution in [-0.4, -0.2) is 27.5 Å². The lowest BCUT2D eigenvalue weighted by Crippen LogP contribution is -2.43. The number of aliphatic carboxylic acids is 1. The first-order valence-electron chi connectivity index (χ1n) is 7.49. The van der Waals surface area contributed by atoms with Crippen LogP contribution in [0, 0.1) is 5.82 Å². The van der Waals surface area contributed by atoms with E-state index in [4.69, 9.17) is 5.11 Å². The molecule has 1 aromatic carbocycles. The van der Waals surface area contributed by atoms with Gasteiger partial charge in [0.05, 0.1) is 5.01 Å². The average Bonchev–Trinajstić information content (AvgIpc) is 2.96. The molecule has 0 spiro atoms. The number of nitrogens with zero attached hydrogens (tertiary/aromatic N) is 1. The smallest absolute Gasteiger partial charge is 0.303 e. The number of carboxylic acid groups (broad SMARTS) is 1. The van der Waals surface area contributed by atoms with Crippen molar-refractivity contribution in [3.63, 3.8) is 0 Å². The fourth-order valence-corrected chi connectivity index (χ4v) is 2.95. The van der Waals surface area contributed by atoms with Gasteiger partial charge in [0.15, 0.2) is 0 Å². The number of amides is 1. The molecule has 0 radical (unpaired) electrons. The van der Waals surface area contributed by atoms with Gasteiger partial charge in [-0.3, -0.25) is 9.59 Å². The third-order valence-corrected chi connectivity index (χ3v) is 4.35. The van der Waals surface area contributed by atoms with E-state index in [1.807, 2.05) is 0 Å². The molecule has 5 nitrogen and oxygen atoms in total. The number of hydrogen-bond donors (Lipinski definition) is 2. The van der Waals surface area contributed by atoms with Crippen LogP contribution in [-0.2, 0) is 11.2 Å². The lowest BCUT2D eigenvalue weighted by atomic mass is 9.98. The second kappa shape index (κ2) is 7.53. The summed E-state index contributed by atoms with van der Waals surface area (Å²) in [4.78, 5) is 27.2. The second-order valence-electron chi connectivity index (χ2n) is 6.13. The highest BCUT2D eigenvalue weighted by atomic mass is 32.1. The summed E-state index contributed by atoms with van der Waals surface area (Å²) in [7, 11) is 0. The van der Waals surface area contributed by atoms with Gasteiger partial charge in [-0.25, -0.2) is 9.37 Å². The van der Waals surface area contributed by atoms with Crippen LogP contribution in [0.1, 0.15) is 47.7 Å². The molecule has 0 fully saturated rings. The number of rotatable bonds is 7. The molecular formula is C17H19FN2O3S. The summed E-state index contributed by atoms with van der Waals surface area (Å²) in [6.07, 6.45) is 0.621. The van der Waals surface area contributed by atoms with E-state index in [0.29, 0.717) is 23.4 Å². The average molecular weight is 350 g/mol. The normalized spacial score (nSPS) is 11.3. The van der Waals surface area contributed by atoms with Gasteiger partial charge in [-0.15, -0.1) is 11.3 Å². The lowest BCUT2D eigenvalue weighted by molar-refractivity contribution is -0.137. The van der Waals surface area contributed by atoms with Gasteiger partial charge in [0.1, 0.15) is 11.5 Å². The number of carbonyl (C=O) groups is 2. The molecule has 24 heavy (non-hydrogen) atoms. The molecule has 1 amide bonds. The maximum absolute atomic E-state index is 13.7. The van der Waals surface area contributed by atoms with Crippen molar-refractivity contribution < 1.29 is 19.1 Å². The first kappa shape index (κ1) is 18.1. The molecule has 0 bridgehead atoms. The Balaban J connectivity index is 2.00. The maximum Gasteiger partial charge on any atom is 0.303 e. The van der Waals surface area contributed by atoms with Crippen molar-refractivity contribution in [2.45, 2.75) is 38.6 Å². The van der Waals surface area contributed by atoms with E-state index < -0.39 is 11.5 Å². The highest BCUT2D eigenvalue weighted by Crippen LogP contribution is 2.18. The molecule has 0 aliphatic heterocycles. The summed E-state index contributed by atoms with van der Waals surface area (Å²) in [5.41, 5.74) is 0.139. The predicted octanol–water partition coefficient (Wildman–Crippen LogP) is 3.25. The Morgan fingerprint density at radius 3 is 2.71 bits per heavy atom. The standard InChI is InChI=1S/C17H19FN2O3S/c1-17(2,8-7-15(21)22)20-16(23)13-10-24-14(19-13)9-11-5-3-4-6-12(11)18/h3-6,10H,7-9H2,1-2H3,(H,20,23)(H,21,22).